The SMILES string of the molecule is CCN(CC)c1ccc([C@@H]2C(C(=O)OCc3ccccc3)=C(C)N=C3C[C@@H](c4ccc(Cl)cc4)CC(=O)C32)cc1. The number of carbonyl (C=O) groups is 2. The van der Waals surface area contributed by atoms with Crippen molar-refractivity contribution in [1.29, 1.82) is 0 Å². The number of rotatable bonds is 8. The Hall–Kier alpha value is -3.70. The Kier molecular flexibility index (Phi) is 8.51. The van der Waals surface area contributed by atoms with Gasteiger partial charge in [-0.05, 0) is 74.1 Å². The average molecular weight is 555 g/mol. The quantitative estimate of drug-likeness (QED) is 0.270. The van der Waals surface area contributed by atoms with Gasteiger partial charge in [0.15, 0.2) is 0 Å². The van der Waals surface area contributed by atoms with Crippen LogP contribution in [0.15, 0.2) is 95.1 Å². The second kappa shape index (κ2) is 12.2. The van der Waals surface area contributed by atoms with Crippen LogP contribution in [0.3, 0.4) is 0 Å². The molecule has 1 aliphatic carbocycles. The van der Waals surface area contributed by atoms with Crippen LogP contribution in [-0.4, -0.2) is 30.6 Å². The molecule has 1 fully saturated rings. The maximum absolute atomic E-state index is 13.9. The molecule has 0 radical (unpaired) electrons. The molecular weight excluding hydrogens is 520 g/mol. The zero-order valence-corrected chi connectivity index (χ0v) is 24.0. The van der Waals surface area contributed by atoms with Gasteiger partial charge >= 0.3 is 5.97 Å². The first-order valence-corrected chi connectivity index (χ1v) is 14.4. The van der Waals surface area contributed by atoms with Crippen molar-refractivity contribution < 1.29 is 14.3 Å². The Bertz CT molecular complexity index is 1420. The van der Waals surface area contributed by atoms with E-state index in [0.717, 1.165) is 41.2 Å². The maximum atomic E-state index is 13.9. The van der Waals surface area contributed by atoms with Gasteiger partial charge in [0.1, 0.15) is 12.4 Å². The predicted octanol–water partition coefficient (Wildman–Crippen LogP) is 7.50. The fraction of sp³-hybridized carbons (Fsp3) is 0.324. The summed E-state index contributed by atoms with van der Waals surface area (Å²) in [6.45, 7) is 8.09. The van der Waals surface area contributed by atoms with Gasteiger partial charge in [0, 0.05) is 47.5 Å². The molecule has 0 saturated heterocycles. The fourth-order valence-corrected chi connectivity index (χ4v) is 6.18. The first-order chi connectivity index (χ1) is 19.4. The highest BCUT2D eigenvalue weighted by molar-refractivity contribution is 6.30. The van der Waals surface area contributed by atoms with Crippen LogP contribution in [-0.2, 0) is 20.9 Å². The molecule has 40 heavy (non-hydrogen) atoms. The second-order valence-electron chi connectivity index (χ2n) is 10.5. The van der Waals surface area contributed by atoms with Gasteiger partial charge in [0.05, 0.1) is 11.5 Å². The van der Waals surface area contributed by atoms with E-state index in [1.165, 1.54) is 0 Å². The first-order valence-electron chi connectivity index (χ1n) is 14.0. The summed E-state index contributed by atoms with van der Waals surface area (Å²) in [6.07, 6.45) is 1.06. The number of halogens is 1. The number of hydrogen-bond acceptors (Lipinski definition) is 5. The lowest BCUT2D eigenvalue weighted by atomic mass is 9.66. The molecule has 0 N–H and O–H groups in total. The molecule has 0 bridgehead atoms. The summed E-state index contributed by atoms with van der Waals surface area (Å²) in [4.78, 5) is 34.7. The number of ether oxygens (including phenoxy) is 1. The lowest BCUT2D eigenvalue weighted by Crippen LogP contribution is -2.41. The molecule has 5 nitrogen and oxygen atoms in total. The van der Waals surface area contributed by atoms with Crippen LogP contribution in [0, 0.1) is 5.92 Å². The van der Waals surface area contributed by atoms with E-state index in [1.807, 2.05) is 61.5 Å². The second-order valence-corrected chi connectivity index (χ2v) is 10.9. The van der Waals surface area contributed by atoms with Gasteiger partial charge in [0.2, 0.25) is 0 Å². The van der Waals surface area contributed by atoms with E-state index < -0.39 is 17.8 Å². The number of aliphatic imine (C=N–C) groups is 1. The van der Waals surface area contributed by atoms with E-state index in [9.17, 15) is 9.59 Å². The molecule has 3 atom stereocenters. The number of carbonyl (C=O) groups excluding carboxylic acids is 2. The number of benzene rings is 3. The lowest BCUT2D eigenvalue weighted by Gasteiger charge is -2.38. The summed E-state index contributed by atoms with van der Waals surface area (Å²) in [5.41, 5.74) is 5.96. The number of allylic oxidation sites excluding steroid dienone is 1. The molecule has 0 amide bonds. The van der Waals surface area contributed by atoms with Gasteiger partial charge in [-0.3, -0.25) is 9.79 Å². The summed E-state index contributed by atoms with van der Waals surface area (Å²) >= 11 is 6.11. The van der Waals surface area contributed by atoms with E-state index in [2.05, 4.69) is 43.0 Å². The van der Waals surface area contributed by atoms with Gasteiger partial charge in [-0.1, -0.05) is 66.2 Å². The lowest BCUT2D eigenvalue weighted by molar-refractivity contribution is -0.140. The summed E-state index contributed by atoms with van der Waals surface area (Å²) in [5.74, 6) is -1.23. The zero-order chi connectivity index (χ0) is 28.2. The summed E-state index contributed by atoms with van der Waals surface area (Å²) in [5, 5.41) is 0.671. The van der Waals surface area contributed by atoms with Crippen LogP contribution in [0.2, 0.25) is 5.02 Å². The van der Waals surface area contributed by atoms with Gasteiger partial charge in [-0.2, -0.15) is 0 Å². The molecule has 206 valence electrons. The highest BCUT2D eigenvalue weighted by Gasteiger charge is 2.46. The van der Waals surface area contributed by atoms with Crippen molar-refractivity contribution in [2.45, 2.75) is 52.1 Å². The van der Waals surface area contributed by atoms with Crippen LogP contribution in [0.5, 0.6) is 0 Å². The summed E-state index contributed by atoms with van der Waals surface area (Å²) in [7, 11) is 0. The Morgan fingerprint density at radius 2 is 1.55 bits per heavy atom. The van der Waals surface area contributed by atoms with Crippen LogP contribution < -0.4 is 4.90 Å². The first kappa shape index (κ1) is 27.9. The van der Waals surface area contributed by atoms with E-state index in [4.69, 9.17) is 21.3 Å². The molecule has 3 aromatic rings. The third-order valence-electron chi connectivity index (χ3n) is 8.11. The number of nitrogens with zero attached hydrogens (tertiary/aromatic N) is 2. The third-order valence-corrected chi connectivity index (χ3v) is 8.36. The van der Waals surface area contributed by atoms with Crippen molar-refractivity contribution in [1.82, 2.24) is 0 Å². The highest BCUT2D eigenvalue weighted by Crippen LogP contribution is 2.46. The molecule has 5 rings (SSSR count). The largest absolute Gasteiger partial charge is 0.457 e. The molecule has 6 heteroatoms. The minimum absolute atomic E-state index is 0.0323. The molecule has 3 aromatic carbocycles. The van der Waals surface area contributed by atoms with Crippen molar-refractivity contribution in [3.05, 3.63) is 112 Å². The Morgan fingerprint density at radius 1 is 0.900 bits per heavy atom. The summed E-state index contributed by atoms with van der Waals surface area (Å²) in [6, 6.07) is 25.6. The number of hydrogen-bond donors (Lipinski definition) is 0. The Labute approximate surface area is 241 Å². The zero-order valence-electron chi connectivity index (χ0n) is 23.3. The summed E-state index contributed by atoms with van der Waals surface area (Å²) < 4.78 is 5.80. The molecular formula is C34H35ClN2O3. The van der Waals surface area contributed by atoms with Crippen molar-refractivity contribution in [3.8, 4) is 0 Å². The number of esters is 1. The predicted molar refractivity (Wildman–Crippen MR) is 161 cm³/mol. The van der Waals surface area contributed by atoms with Gasteiger partial charge in [-0.15, -0.1) is 0 Å². The van der Waals surface area contributed by atoms with Gasteiger partial charge in [-0.25, -0.2) is 4.79 Å². The van der Waals surface area contributed by atoms with Crippen molar-refractivity contribution in [2.75, 3.05) is 18.0 Å². The topological polar surface area (TPSA) is 59.0 Å². The van der Waals surface area contributed by atoms with Crippen molar-refractivity contribution >= 4 is 34.8 Å². The van der Waals surface area contributed by atoms with Crippen LogP contribution in [0.1, 0.15) is 62.1 Å². The molecule has 1 aliphatic heterocycles. The highest BCUT2D eigenvalue weighted by atomic mass is 35.5. The number of fused-ring (bicyclic) bond motifs is 1. The normalized spacial score (nSPS) is 20.6. The molecule has 1 unspecified atom stereocenters. The third kappa shape index (κ3) is 5.75. The molecule has 1 heterocycles. The number of Topliss-reactive ketones (excluding diaryl/α,β-unsaturated/α-hetero) is 1. The average Bonchev–Trinajstić information content (AvgIpc) is 2.97. The minimum atomic E-state index is -0.495. The van der Waals surface area contributed by atoms with Gasteiger partial charge < -0.3 is 9.64 Å². The minimum Gasteiger partial charge on any atom is -0.457 e. The fourth-order valence-electron chi connectivity index (χ4n) is 6.05. The molecule has 0 aromatic heterocycles. The number of ketones is 1. The van der Waals surface area contributed by atoms with Crippen LogP contribution in [0.25, 0.3) is 0 Å². The Balaban J connectivity index is 1.51. The van der Waals surface area contributed by atoms with Gasteiger partial charge in [0.25, 0.3) is 0 Å². The van der Waals surface area contributed by atoms with Crippen molar-refractivity contribution in [3.63, 3.8) is 0 Å². The van der Waals surface area contributed by atoms with E-state index >= 15 is 0 Å². The maximum Gasteiger partial charge on any atom is 0.336 e. The van der Waals surface area contributed by atoms with E-state index in [-0.39, 0.29) is 18.3 Å². The van der Waals surface area contributed by atoms with Crippen LogP contribution >= 0.6 is 11.6 Å². The molecule has 1 saturated carbocycles. The van der Waals surface area contributed by atoms with E-state index in [0.29, 0.717) is 29.1 Å². The van der Waals surface area contributed by atoms with E-state index in [1.54, 1.807) is 0 Å². The monoisotopic (exact) mass is 554 g/mol. The molecule has 0 spiro atoms. The Morgan fingerprint density at radius 3 is 2.20 bits per heavy atom. The van der Waals surface area contributed by atoms with Crippen LogP contribution in [0.4, 0.5) is 5.69 Å². The molecule has 2 aliphatic rings. The smallest absolute Gasteiger partial charge is 0.336 e. The number of anilines is 1. The standard InChI is InChI=1S/C34H35ClN2O3/c1-4-37(5-2)28-17-13-25(14-18-28)32-31(34(39)40-21-23-9-7-6-8-10-23)22(3)36-29-19-26(20-30(38)33(29)32)24-11-15-27(35)16-12-24/h6-18,26,32-33H,4-5,19-21H2,1-3H3/t26-,32-,33?/m1/s1. The van der Waals surface area contributed by atoms with Crippen molar-refractivity contribution in [2.24, 2.45) is 10.9 Å².